The molecule has 0 saturated carbocycles. The second kappa shape index (κ2) is 5.52. The topological polar surface area (TPSA) is 0 Å². The molecule has 0 spiro atoms. The third kappa shape index (κ3) is 2.05. The van der Waals surface area contributed by atoms with Gasteiger partial charge in [-0.2, -0.15) is 0 Å². The maximum atomic E-state index is 4.39. The number of allylic oxidation sites excluding steroid dienone is 1. The molecule has 0 radical (unpaired) electrons. The van der Waals surface area contributed by atoms with Gasteiger partial charge in [-0.05, 0) is 35.6 Å². The second-order valence-electron chi connectivity index (χ2n) is 6.23. The van der Waals surface area contributed by atoms with Crippen molar-refractivity contribution in [2.75, 3.05) is 0 Å². The summed E-state index contributed by atoms with van der Waals surface area (Å²) in [4.78, 5) is 0. The van der Waals surface area contributed by atoms with Crippen molar-refractivity contribution in [1.29, 1.82) is 0 Å². The minimum atomic E-state index is 0.0162. The van der Waals surface area contributed by atoms with Crippen molar-refractivity contribution in [3.63, 3.8) is 0 Å². The van der Waals surface area contributed by atoms with Crippen molar-refractivity contribution >= 4 is 0 Å². The summed E-state index contributed by atoms with van der Waals surface area (Å²) >= 11 is 0. The van der Waals surface area contributed by atoms with E-state index in [0.29, 0.717) is 0 Å². The molecule has 0 saturated heterocycles. The molecule has 1 aliphatic carbocycles. The van der Waals surface area contributed by atoms with E-state index in [2.05, 4.69) is 69.0 Å². The predicted molar refractivity (Wildman–Crippen MR) is 91.6 cm³/mol. The van der Waals surface area contributed by atoms with Gasteiger partial charge in [-0.15, -0.1) is 0 Å². The summed E-state index contributed by atoms with van der Waals surface area (Å²) in [6, 6.07) is 17.8. The number of fused-ring (bicyclic) bond motifs is 3. The molecule has 0 bridgehead atoms. The van der Waals surface area contributed by atoms with Gasteiger partial charge in [0.2, 0.25) is 0 Å². The Labute approximate surface area is 128 Å². The third-order valence-electron chi connectivity index (χ3n) is 4.95. The minimum Gasteiger partial charge on any atom is -0.0989 e. The van der Waals surface area contributed by atoms with Gasteiger partial charge >= 0.3 is 0 Å². The summed E-state index contributed by atoms with van der Waals surface area (Å²) in [6.07, 6.45) is 4.98. The van der Waals surface area contributed by atoms with Crippen LogP contribution in [0.1, 0.15) is 50.7 Å². The predicted octanol–water partition coefficient (Wildman–Crippen LogP) is 6.11. The van der Waals surface area contributed by atoms with Crippen LogP contribution in [-0.4, -0.2) is 0 Å². The molecule has 108 valence electrons. The normalized spacial score (nSPS) is 14.6. The highest BCUT2D eigenvalue weighted by molar-refractivity contribution is 5.82. The van der Waals surface area contributed by atoms with E-state index in [1.54, 1.807) is 0 Å². The van der Waals surface area contributed by atoms with E-state index in [1.165, 1.54) is 53.5 Å². The lowest BCUT2D eigenvalue weighted by Crippen LogP contribution is -2.26. The van der Waals surface area contributed by atoms with E-state index < -0.39 is 0 Å². The smallest absolute Gasteiger partial charge is 0.0418 e. The molecule has 0 aromatic heterocycles. The van der Waals surface area contributed by atoms with Crippen LogP contribution in [0.4, 0.5) is 0 Å². The largest absolute Gasteiger partial charge is 0.0989 e. The monoisotopic (exact) mass is 276 g/mol. The van der Waals surface area contributed by atoms with Gasteiger partial charge in [0.15, 0.2) is 0 Å². The number of rotatable bonds is 5. The van der Waals surface area contributed by atoms with E-state index in [4.69, 9.17) is 0 Å². The Morgan fingerprint density at radius 3 is 1.90 bits per heavy atom. The van der Waals surface area contributed by atoms with Gasteiger partial charge in [0.25, 0.3) is 0 Å². The van der Waals surface area contributed by atoms with Crippen LogP contribution >= 0.6 is 0 Å². The Bertz CT molecular complexity index is 618. The van der Waals surface area contributed by atoms with Gasteiger partial charge in [-0.3, -0.25) is 0 Å². The molecule has 0 nitrogen and oxygen atoms in total. The van der Waals surface area contributed by atoms with Gasteiger partial charge in [-0.1, -0.05) is 86.9 Å². The zero-order chi connectivity index (χ0) is 14.9. The van der Waals surface area contributed by atoms with Crippen molar-refractivity contribution < 1.29 is 0 Å². The molecule has 0 N–H and O–H groups in total. The lowest BCUT2D eigenvalue weighted by molar-refractivity contribution is 0.517. The van der Waals surface area contributed by atoms with Gasteiger partial charge in [0.1, 0.15) is 0 Å². The second-order valence-corrected chi connectivity index (χ2v) is 6.23. The van der Waals surface area contributed by atoms with Crippen molar-refractivity contribution in [3.05, 3.63) is 71.8 Å². The molecule has 0 heterocycles. The summed E-state index contributed by atoms with van der Waals surface area (Å²) in [6.45, 7) is 8.85. The first-order valence-electron chi connectivity index (χ1n) is 8.07. The lowest BCUT2D eigenvalue weighted by atomic mass is 9.70. The van der Waals surface area contributed by atoms with E-state index in [1.807, 2.05) is 0 Å². The van der Waals surface area contributed by atoms with Crippen molar-refractivity contribution in [1.82, 2.24) is 0 Å². The first kappa shape index (κ1) is 14.1. The highest BCUT2D eigenvalue weighted by Gasteiger charge is 2.42. The molecule has 21 heavy (non-hydrogen) atoms. The number of hydrogen-bond acceptors (Lipinski definition) is 0. The third-order valence-corrected chi connectivity index (χ3v) is 4.95. The molecule has 2 aromatic carbocycles. The van der Waals surface area contributed by atoms with Crippen LogP contribution in [0.3, 0.4) is 0 Å². The van der Waals surface area contributed by atoms with Crippen molar-refractivity contribution in [2.45, 2.75) is 44.9 Å². The fourth-order valence-electron chi connectivity index (χ4n) is 3.91. The SMILES string of the molecule is C=C(C)C1(CCCCC)c2ccccc2-c2ccccc21. The van der Waals surface area contributed by atoms with Gasteiger partial charge in [-0.25, -0.2) is 0 Å². The minimum absolute atomic E-state index is 0.0162. The molecule has 3 rings (SSSR count). The van der Waals surface area contributed by atoms with E-state index in [9.17, 15) is 0 Å². The summed E-state index contributed by atoms with van der Waals surface area (Å²) in [7, 11) is 0. The molecular weight excluding hydrogens is 252 g/mol. The van der Waals surface area contributed by atoms with E-state index in [0.717, 1.165) is 0 Å². The first-order chi connectivity index (χ1) is 10.2. The Kier molecular flexibility index (Phi) is 3.71. The lowest BCUT2D eigenvalue weighted by Gasteiger charge is -2.33. The number of benzene rings is 2. The van der Waals surface area contributed by atoms with Crippen molar-refractivity contribution in [2.24, 2.45) is 0 Å². The maximum Gasteiger partial charge on any atom is 0.0418 e. The molecule has 2 aromatic rings. The summed E-state index contributed by atoms with van der Waals surface area (Å²) in [5, 5.41) is 0. The molecule has 0 amide bonds. The van der Waals surface area contributed by atoms with Crippen LogP contribution in [-0.2, 0) is 5.41 Å². The van der Waals surface area contributed by atoms with Crippen LogP contribution < -0.4 is 0 Å². The van der Waals surface area contributed by atoms with Crippen LogP contribution in [0.2, 0.25) is 0 Å². The Morgan fingerprint density at radius 1 is 0.905 bits per heavy atom. The molecule has 0 unspecified atom stereocenters. The summed E-state index contributed by atoms with van der Waals surface area (Å²) < 4.78 is 0. The van der Waals surface area contributed by atoms with Gasteiger partial charge in [0, 0.05) is 5.41 Å². The standard InChI is InChI=1S/C21H24/c1-4-5-10-15-21(16(2)3)19-13-8-6-11-17(19)18-12-7-9-14-20(18)21/h6-9,11-14H,2,4-5,10,15H2,1,3H3. The van der Waals surface area contributed by atoms with E-state index >= 15 is 0 Å². The van der Waals surface area contributed by atoms with Crippen molar-refractivity contribution in [3.8, 4) is 11.1 Å². The van der Waals surface area contributed by atoms with Gasteiger partial charge < -0.3 is 0 Å². The first-order valence-corrected chi connectivity index (χ1v) is 8.07. The zero-order valence-electron chi connectivity index (χ0n) is 13.2. The van der Waals surface area contributed by atoms with Crippen LogP contribution in [0, 0.1) is 0 Å². The molecule has 0 atom stereocenters. The number of hydrogen-bond donors (Lipinski definition) is 0. The van der Waals surface area contributed by atoms with Crippen LogP contribution in [0.25, 0.3) is 11.1 Å². The Morgan fingerprint density at radius 2 is 1.43 bits per heavy atom. The number of unbranched alkanes of at least 4 members (excludes halogenated alkanes) is 2. The average Bonchev–Trinajstić information content (AvgIpc) is 2.80. The zero-order valence-corrected chi connectivity index (χ0v) is 13.2. The van der Waals surface area contributed by atoms with E-state index in [-0.39, 0.29) is 5.41 Å². The molecule has 0 fully saturated rings. The van der Waals surface area contributed by atoms with Gasteiger partial charge in [0.05, 0.1) is 0 Å². The summed E-state index contributed by atoms with van der Waals surface area (Å²) in [5.41, 5.74) is 6.99. The fourth-order valence-corrected chi connectivity index (χ4v) is 3.91. The highest BCUT2D eigenvalue weighted by Crippen LogP contribution is 2.54. The molecule has 0 aliphatic heterocycles. The fraction of sp³-hybridized carbons (Fsp3) is 0.333. The molecule has 0 heteroatoms. The Hall–Kier alpha value is -1.82. The Balaban J connectivity index is 2.20. The highest BCUT2D eigenvalue weighted by atomic mass is 14.4. The summed E-state index contributed by atoms with van der Waals surface area (Å²) in [5.74, 6) is 0. The quantitative estimate of drug-likeness (QED) is 0.456. The maximum absolute atomic E-state index is 4.39. The van der Waals surface area contributed by atoms with Crippen LogP contribution in [0.15, 0.2) is 60.7 Å². The van der Waals surface area contributed by atoms with Crippen LogP contribution in [0.5, 0.6) is 0 Å². The molecular formula is C21H24. The molecule has 1 aliphatic rings. The average molecular weight is 276 g/mol.